The number of hydrogen-bond donors (Lipinski definition) is 1. The lowest BCUT2D eigenvalue weighted by molar-refractivity contribution is 0.812. The third kappa shape index (κ3) is 2.94. The van der Waals surface area contributed by atoms with E-state index in [1.165, 1.54) is 0 Å². The van der Waals surface area contributed by atoms with Crippen molar-refractivity contribution in [3.8, 4) is 0 Å². The van der Waals surface area contributed by atoms with Gasteiger partial charge in [-0.25, -0.2) is 15.0 Å². The molecule has 1 N–H and O–H groups in total. The molecule has 0 fully saturated rings. The van der Waals surface area contributed by atoms with Gasteiger partial charge in [0.05, 0.1) is 12.2 Å². The highest BCUT2D eigenvalue weighted by molar-refractivity contribution is 5.45. The molecule has 2 aromatic rings. The summed E-state index contributed by atoms with van der Waals surface area (Å²) in [6, 6.07) is 2.24. The highest BCUT2D eigenvalue weighted by Gasteiger charge is 2.23. The zero-order valence-corrected chi connectivity index (χ0v) is 12.7. The Kier molecular flexibility index (Phi) is 3.68. The molecule has 6 heteroatoms. The predicted molar refractivity (Wildman–Crippen MR) is 82.1 cm³/mol. The smallest absolute Gasteiger partial charge is 0.227 e. The fourth-order valence-corrected chi connectivity index (χ4v) is 2.38. The number of aromatic nitrogens is 4. The van der Waals surface area contributed by atoms with Crippen molar-refractivity contribution in [3.05, 3.63) is 35.5 Å². The molecule has 0 bridgehead atoms. The molecule has 2 aromatic heterocycles. The maximum absolute atomic E-state index is 4.59. The molecular weight excluding hydrogens is 264 g/mol. The molecule has 1 aliphatic rings. The van der Waals surface area contributed by atoms with E-state index >= 15 is 0 Å². The van der Waals surface area contributed by atoms with Gasteiger partial charge in [-0.15, -0.1) is 0 Å². The van der Waals surface area contributed by atoms with Gasteiger partial charge in [0.2, 0.25) is 5.95 Å². The average molecular weight is 284 g/mol. The van der Waals surface area contributed by atoms with Gasteiger partial charge >= 0.3 is 0 Å². The summed E-state index contributed by atoms with van der Waals surface area (Å²) in [5.74, 6) is 2.48. The average Bonchev–Trinajstić information content (AvgIpc) is 2.89. The molecule has 0 aliphatic carbocycles. The first-order valence-corrected chi connectivity index (χ1v) is 7.34. The number of rotatable bonds is 4. The second-order valence-electron chi connectivity index (χ2n) is 5.51. The minimum Gasteiger partial charge on any atom is -0.368 e. The molecule has 110 valence electrons. The molecule has 0 radical (unpaired) electrons. The van der Waals surface area contributed by atoms with Crippen LogP contribution in [0.25, 0.3) is 0 Å². The van der Waals surface area contributed by atoms with E-state index in [1.807, 2.05) is 12.3 Å². The Balaban J connectivity index is 1.80. The highest BCUT2D eigenvalue weighted by atomic mass is 15.3. The van der Waals surface area contributed by atoms with E-state index in [0.717, 1.165) is 48.4 Å². The zero-order valence-electron chi connectivity index (χ0n) is 12.7. The minimum atomic E-state index is 0.349. The van der Waals surface area contributed by atoms with Gasteiger partial charge in [-0.3, -0.25) is 0 Å². The van der Waals surface area contributed by atoms with Crippen LogP contribution in [0.1, 0.15) is 37.9 Å². The van der Waals surface area contributed by atoms with Crippen LogP contribution in [0.5, 0.6) is 0 Å². The van der Waals surface area contributed by atoms with Crippen molar-refractivity contribution in [1.29, 1.82) is 0 Å². The molecule has 0 amide bonds. The van der Waals surface area contributed by atoms with Gasteiger partial charge in [-0.2, -0.15) is 4.98 Å². The second-order valence-corrected chi connectivity index (χ2v) is 5.51. The first-order chi connectivity index (χ1) is 10.2. The molecule has 3 heterocycles. The lowest BCUT2D eigenvalue weighted by Crippen LogP contribution is -2.19. The third-order valence-electron chi connectivity index (χ3n) is 3.38. The van der Waals surface area contributed by atoms with E-state index in [9.17, 15) is 0 Å². The monoisotopic (exact) mass is 284 g/mol. The van der Waals surface area contributed by atoms with Crippen molar-refractivity contribution >= 4 is 11.8 Å². The quantitative estimate of drug-likeness (QED) is 0.928. The van der Waals surface area contributed by atoms with Crippen LogP contribution in [-0.2, 0) is 19.5 Å². The Bertz CT molecular complexity index is 640. The van der Waals surface area contributed by atoms with Crippen LogP contribution in [0, 0.1) is 0 Å². The number of anilines is 2. The maximum atomic E-state index is 4.59. The molecule has 0 saturated carbocycles. The van der Waals surface area contributed by atoms with Gasteiger partial charge in [0.25, 0.3) is 0 Å². The number of hydrogen-bond acceptors (Lipinski definition) is 6. The number of aryl methyl sites for hydroxylation is 1. The van der Waals surface area contributed by atoms with Gasteiger partial charge in [0.1, 0.15) is 11.6 Å². The SMILES string of the molecule is CCc1ncc2c(n1)CN(c1nccc(NC(C)C)n1)C2. The normalized spacial score (nSPS) is 13.6. The van der Waals surface area contributed by atoms with Crippen molar-refractivity contribution in [2.45, 2.75) is 46.3 Å². The summed E-state index contributed by atoms with van der Waals surface area (Å²) in [5, 5.41) is 3.30. The van der Waals surface area contributed by atoms with Gasteiger partial charge in [-0.1, -0.05) is 6.92 Å². The van der Waals surface area contributed by atoms with E-state index in [2.05, 4.69) is 50.9 Å². The van der Waals surface area contributed by atoms with Crippen LogP contribution in [0.3, 0.4) is 0 Å². The Morgan fingerprint density at radius 3 is 2.86 bits per heavy atom. The van der Waals surface area contributed by atoms with Crippen molar-refractivity contribution in [2.75, 3.05) is 10.2 Å². The van der Waals surface area contributed by atoms with Crippen molar-refractivity contribution in [2.24, 2.45) is 0 Å². The molecule has 0 unspecified atom stereocenters. The molecule has 0 spiro atoms. The van der Waals surface area contributed by atoms with Gasteiger partial charge < -0.3 is 10.2 Å². The van der Waals surface area contributed by atoms with Crippen LogP contribution in [0.4, 0.5) is 11.8 Å². The maximum Gasteiger partial charge on any atom is 0.227 e. The van der Waals surface area contributed by atoms with E-state index in [0.29, 0.717) is 6.04 Å². The number of nitrogens with one attached hydrogen (secondary N) is 1. The summed E-state index contributed by atoms with van der Waals surface area (Å²) in [4.78, 5) is 20.0. The summed E-state index contributed by atoms with van der Waals surface area (Å²) in [5.41, 5.74) is 2.26. The van der Waals surface area contributed by atoms with Gasteiger partial charge in [0, 0.05) is 37.0 Å². The molecule has 6 nitrogen and oxygen atoms in total. The molecule has 3 rings (SSSR count). The van der Waals surface area contributed by atoms with E-state index in [-0.39, 0.29) is 0 Å². The van der Waals surface area contributed by atoms with Crippen LogP contribution < -0.4 is 10.2 Å². The molecule has 0 aromatic carbocycles. The largest absolute Gasteiger partial charge is 0.368 e. The van der Waals surface area contributed by atoms with Crippen LogP contribution in [-0.4, -0.2) is 26.0 Å². The summed E-state index contributed by atoms with van der Waals surface area (Å²) >= 11 is 0. The van der Waals surface area contributed by atoms with Crippen molar-refractivity contribution in [1.82, 2.24) is 19.9 Å². The first kappa shape index (κ1) is 13.7. The molecular formula is C15H20N6. The highest BCUT2D eigenvalue weighted by Crippen LogP contribution is 2.24. The summed E-state index contributed by atoms with van der Waals surface area (Å²) < 4.78 is 0. The molecule has 0 atom stereocenters. The van der Waals surface area contributed by atoms with E-state index in [1.54, 1.807) is 6.20 Å². The second kappa shape index (κ2) is 5.63. The predicted octanol–water partition coefficient (Wildman–Crippen LogP) is 2.17. The Hall–Kier alpha value is -2.24. The van der Waals surface area contributed by atoms with Crippen molar-refractivity contribution < 1.29 is 0 Å². The first-order valence-electron chi connectivity index (χ1n) is 7.34. The molecule has 21 heavy (non-hydrogen) atoms. The van der Waals surface area contributed by atoms with E-state index in [4.69, 9.17) is 0 Å². The van der Waals surface area contributed by atoms with E-state index < -0.39 is 0 Å². The van der Waals surface area contributed by atoms with Crippen LogP contribution in [0.15, 0.2) is 18.5 Å². The lowest BCUT2D eigenvalue weighted by Gasteiger charge is -2.16. The number of nitrogens with zero attached hydrogens (tertiary/aromatic N) is 5. The van der Waals surface area contributed by atoms with Gasteiger partial charge in [0.15, 0.2) is 0 Å². The minimum absolute atomic E-state index is 0.349. The van der Waals surface area contributed by atoms with Crippen molar-refractivity contribution in [3.63, 3.8) is 0 Å². The molecule has 1 aliphatic heterocycles. The lowest BCUT2D eigenvalue weighted by atomic mass is 10.3. The fraction of sp³-hybridized carbons (Fsp3) is 0.467. The summed E-state index contributed by atoms with van der Waals surface area (Å²) in [6.07, 6.45) is 4.58. The zero-order chi connectivity index (χ0) is 14.8. The number of fused-ring (bicyclic) bond motifs is 1. The van der Waals surface area contributed by atoms with Gasteiger partial charge in [-0.05, 0) is 19.9 Å². The van der Waals surface area contributed by atoms with Crippen LogP contribution in [0.2, 0.25) is 0 Å². The summed E-state index contributed by atoms with van der Waals surface area (Å²) in [7, 11) is 0. The standard InChI is InChI=1S/C15H20N6/c1-4-13-17-7-11-8-21(9-12(11)19-13)15-16-6-5-14(20-15)18-10(2)3/h5-7,10H,4,8-9H2,1-3H3,(H,16,18,20). The Morgan fingerprint density at radius 2 is 2.10 bits per heavy atom. The fourth-order valence-electron chi connectivity index (χ4n) is 2.38. The molecule has 0 saturated heterocycles. The topological polar surface area (TPSA) is 66.8 Å². The Labute approximate surface area is 124 Å². The van der Waals surface area contributed by atoms with Crippen LogP contribution >= 0.6 is 0 Å². The summed E-state index contributed by atoms with van der Waals surface area (Å²) in [6.45, 7) is 7.77. The Morgan fingerprint density at radius 1 is 1.24 bits per heavy atom. The third-order valence-corrected chi connectivity index (χ3v) is 3.38.